The fourth-order valence-corrected chi connectivity index (χ4v) is 2.82. The molecule has 0 saturated heterocycles. The molecule has 4 rings (SSSR count). The molecule has 0 aliphatic heterocycles. The van der Waals surface area contributed by atoms with Crippen molar-refractivity contribution in [3.8, 4) is 17.1 Å². The predicted octanol–water partition coefficient (Wildman–Crippen LogP) is 5.69. The summed E-state index contributed by atoms with van der Waals surface area (Å²) in [5, 5.41) is 11.7. The van der Waals surface area contributed by atoms with Crippen LogP contribution in [0, 0.1) is 0 Å². The predicted molar refractivity (Wildman–Crippen MR) is 100.0 cm³/mol. The van der Waals surface area contributed by atoms with E-state index in [-0.39, 0.29) is 5.75 Å². The zero-order valence-corrected chi connectivity index (χ0v) is 13.9. The molecule has 0 radical (unpaired) electrons. The third kappa shape index (κ3) is 3.28. The Kier molecular flexibility index (Phi) is 4.00. The largest absolute Gasteiger partial charge is 0.508 e. The lowest BCUT2D eigenvalue weighted by atomic mass is 10.1. The highest BCUT2D eigenvalue weighted by Gasteiger charge is 2.06. The first kappa shape index (κ1) is 15.5. The minimum absolute atomic E-state index is 0.208. The Morgan fingerprint density at radius 1 is 0.840 bits per heavy atom. The van der Waals surface area contributed by atoms with Crippen LogP contribution in [-0.4, -0.2) is 5.11 Å². The molecule has 0 bridgehead atoms. The summed E-state index contributed by atoms with van der Waals surface area (Å²) in [5.41, 5.74) is 2.43. The molecular weight excluding hydrogens is 334 g/mol. The van der Waals surface area contributed by atoms with Crippen molar-refractivity contribution in [2.24, 2.45) is 4.99 Å². The van der Waals surface area contributed by atoms with Crippen LogP contribution in [0.1, 0.15) is 0 Å². The third-order valence-electron chi connectivity index (χ3n) is 3.86. The molecule has 1 N–H and O–H groups in total. The van der Waals surface area contributed by atoms with Gasteiger partial charge >= 0.3 is 0 Å². The van der Waals surface area contributed by atoms with Gasteiger partial charge in [-0.1, -0.05) is 41.9 Å². The molecule has 4 aromatic rings. The molecule has 0 atom stereocenters. The maximum atomic E-state index is 9.45. The second-order valence-corrected chi connectivity index (χ2v) is 6.07. The monoisotopic (exact) mass is 347 g/mol. The number of phenols is 1. The minimum Gasteiger partial charge on any atom is -0.508 e. The van der Waals surface area contributed by atoms with Crippen molar-refractivity contribution >= 4 is 28.3 Å². The lowest BCUT2D eigenvalue weighted by Crippen LogP contribution is -2.03. The summed E-state index contributed by atoms with van der Waals surface area (Å²) in [6.45, 7) is 0. The van der Waals surface area contributed by atoms with Gasteiger partial charge in [-0.3, -0.25) is 0 Å². The van der Waals surface area contributed by atoms with Crippen molar-refractivity contribution in [2.45, 2.75) is 0 Å². The standard InChI is InChI=1S/C21H14ClNO2/c22-15-6-11-20-18(12-15)19(23-16-7-9-17(24)10-8-16)13-21(25-20)14-4-2-1-3-5-14/h1-13,24H. The second-order valence-electron chi connectivity index (χ2n) is 5.63. The first-order valence-corrected chi connectivity index (χ1v) is 8.19. The molecule has 1 aromatic heterocycles. The molecule has 0 unspecified atom stereocenters. The maximum Gasteiger partial charge on any atom is 0.136 e. The van der Waals surface area contributed by atoms with Crippen LogP contribution in [0.3, 0.4) is 0 Å². The number of nitrogens with zero attached hydrogens (tertiary/aromatic N) is 1. The number of phenolic OH excluding ortho intramolecular Hbond substituents is 1. The lowest BCUT2D eigenvalue weighted by Gasteiger charge is -2.05. The van der Waals surface area contributed by atoms with Crippen LogP contribution < -0.4 is 5.36 Å². The zero-order valence-electron chi connectivity index (χ0n) is 13.2. The van der Waals surface area contributed by atoms with Crippen molar-refractivity contribution in [1.29, 1.82) is 0 Å². The van der Waals surface area contributed by atoms with E-state index in [1.165, 1.54) is 0 Å². The fourth-order valence-electron chi connectivity index (χ4n) is 2.64. The molecule has 0 amide bonds. The Morgan fingerprint density at radius 3 is 2.36 bits per heavy atom. The second kappa shape index (κ2) is 6.46. The summed E-state index contributed by atoms with van der Waals surface area (Å²) in [6, 6.07) is 24.0. The van der Waals surface area contributed by atoms with Crippen LogP contribution in [-0.2, 0) is 0 Å². The highest BCUT2D eigenvalue weighted by atomic mass is 35.5. The first-order chi connectivity index (χ1) is 12.2. The number of rotatable bonds is 2. The number of hydrogen-bond acceptors (Lipinski definition) is 3. The molecule has 0 fully saturated rings. The van der Waals surface area contributed by atoms with Crippen LogP contribution in [0.5, 0.6) is 5.75 Å². The van der Waals surface area contributed by atoms with Crippen molar-refractivity contribution < 1.29 is 9.52 Å². The normalized spacial score (nSPS) is 11.8. The Labute approximate surface area is 149 Å². The molecule has 122 valence electrons. The van der Waals surface area contributed by atoms with Gasteiger partial charge in [-0.05, 0) is 42.5 Å². The summed E-state index contributed by atoms with van der Waals surface area (Å²) in [7, 11) is 0. The lowest BCUT2D eigenvalue weighted by molar-refractivity contribution is 0.475. The van der Waals surface area contributed by atoms with Gasteiger partial charge in [-0.15, -0.1) is 0 Å². The van der Waals surface area contributed by atoms with E-state index >= 15 is 0 Å². The molecule has 0 spiro atoms. The van der Waals surface area contributed by atoms with E-state index in [0.29, 0.717) is 10.6 Å². The van der Waals surface area contributed by atoms with Crippen LogP contribution in [0.2, 0.25) is 5.02 Å². The SMILES string of the molecule is Oc1ccc(N=c2cc(-c3ccccc3)oc3ccc(Cl)cc23)cc1. The van der Waals surface area contributed by atoms with E-state index in [2.05, 4.69) is 0 Å². The number of aromatic hydroxyl groups is 1. The van der Waals surface area contributed by atoms with Gasteiger partial charge < -0.3 is 9.52 Å². The quantitative estimate of drug-likeness (QED) is 0.506. The third-order valence-corrected chi connectivity index (χ3v) is 4.10. The summed E-state index contributed by atoms with van der Waals surface area (Å²) < 4.78 is 6.04. The van der Waals surface area contributed by atoms with E-state index < -0.39 is 0 Å². The van der Waals surface area contributed by atoms with Gasteiger partial charge in [0.2, 0.25) is 0 Å². The van der Waals surface area contributed by atoms with E-state index in [1.54, 1.807) is 30.3 Å². The average molecular weight is 348 g/mol. The van der Waals surface area contributed by atoms with Crippen molar-refractivity contribution in [3.05, 3.63) is 89.2 Å². The van der Waals surface area contributed by atoms with Crippen LogP contribution >= 0.6 is 11.6 Å². The van der Waals surface area contributed by atoms with Gasteiger partial charge in [0.05, 0.1) is 11.0 Å². The Bertz CT molecular complexity index is 1100. The molecule has 0 aliphatic carbocycles. The zero-order chi connectivity index (χ0) is 17.2. The first-order valence-electron chi connectivity index (χ1n) is 7.82. The van der Waals surface area contributed by atoms with E-state index in [4.69, 9.17) is 21.0 Å². The molecule has 1 heterocycles. The van der Waals surface area contributed by atoms with Crippen molar-refractivity contribution in [2.75, 3.05) is 0 Å². The number of fused-ring (bicyclic) bond motifs is 1. The topological polar surface area (TPSA) is 45.7 Å². The highest BCUT2D eigenvalue weighted by molar-refractivity contribution is 6.31. The summed E-state index contributed by atoms with van der Waals surface area (Å²) in [6.07, 6.45) is 0. The number of halogens is 1. The van der Waals surface area contributed by atoms with Crippen LogP contribution in [0.4, 0.5) is 5.69 Å². The average Bonchev–Trinajstić information content (AvgIpc) is 2.64. The van der Waals surface area contributed by atoms with E-state index in [1.807, 2.05) is 48.5 Å². The molecule has 25 heavy (non-hydrogen) atoms. The fraction of sp³-hybridized carbons (Fsp3) is 0. The molecule has 0 saturated carbocycles. The summed E-state index contributed by atoms with van der Waals surface area (Å²) in [4.78, 5) is 4.71. The summed E-state index contributed by atoms with van der Waals surface area (Å²) in [5.74, 6) is 0.938. The molecule has 3 aromatic carbocycles. The highest BCUT2D eigenvalue weighted by Crippen LogP contribution is 2.24. The van der Waals surface area contributed by atoms with Crippen LogP contribution in [0.25, 0.3) is 22.3 Å². The Balaban J connectivity index is 2.00. The van der Waals surface area contributed by atoms with Gasteiger partial charge in [0.25, 0.3) is 0 Å². The van der Waals surface area contributed by atoms with Gasteiger partial charge in [-0.25, -0.2) is 4.99 Å². The van der Waals surface area contributed by atoms with Crippen molar-refractivity contribution in [3.63, 3.8) is 0 Å². The minimum atomic E-state index is 0.208. The van der Waals surface area contributed by atoms with E-state index in [0.717, 1.165) is 27.8 Å². The Hall–Kier alpha value is -3.04. The van der Waals surface area contributed by atoms with E-state index in [9.17, 15) is 5.11 Å². The number of benzene rings is 3. The molecule has 4 heteroatoms. The van der Waals surface area contributed by atoms with Gasteiger partial charge in [0.15, 0.2) is 0 Å². The smallest absolute Gasteiger partial charge is 0.136 e. The molecule has 0 aliphatic rings. The van der Waals surface area contributed by atoms with Gasteiger partial charge in [-0.2, -0.15) is 0 Å². The van der Waals surface area contributed by atoms with Gasteiger partial charge in [0, 0.05) is 22.0 Å². The van der Waals surface area contributed by atoms with Crippen molar-refractivity contribution in [1.82, 2.24) is 0 Å². The number of hydrogen-bond donors (Lipinski definition) is 1. The molecular formula is C21H14ClNO2. The summed E-state index contributed by atoms with van der Waals surface area (Å²) >= 11 is 6.15. The molecule has 3 nitrogen and oxygen atoms in total. The maximum absolute atomic E-state index is 9.45. The Morgan fingerprint density at radius 2 is 1.60 bits per heavy atom. The van der Waals surface area contributed by atoms with Crippen LogP contribution in [0.15, 0.2) is 88.3 Å². The van der Waals surface area contributed by atoms with Gasteiger partial charge in [0.1, 0.15) is 17.1 Å².